The van der Waals surface area contributed by atoms with E-state index < -0.39 is 11.1 Å². The minimum Gasteiger partial charge on any atom is -0.495 e. The first kappa shape index (κ1) is 22.9. The Morgan fingerprint density at radius 2 is 1.85 bits per heavy atom. The highest BCUT2D eigenvalue weighted by Crippen LogP contribution is 2.35. The molecule has 1 heterocycles. The molecule has 1 amide bonds. The summed E-state index contributed by atoms with van der Waals surface area (Å²) in [5, 5.41) is 14.0. The van der Waals surface area contributed by atoms with Crippen molar-refractivity contribution >= 4 is 34.7 Å². The summed E-state index contributed by atoms with van der Waals surface area (Å²) in [7, 11) is 1.60. The maximum absolute atomic E-state index is 13.4. The molecule has 1 atom stereocenters. The van der Waals surface area contributed by atoms with Crippen LogP contribution in [0.1, 0.15) is 10.4 Å². The van der Waals surface area contributed by atoms with Gasteiger partial charge in [0.05, 0.1) is 23.3 Å². The first-order valence-electron chi connectivity index (χ1n) is 10.4. The lowest BCUT2D eigenvalue weighted by atomic mass is 10.1. The second-order valence-corrected chi connectivity index (χ2v) is 8.41. The van der Waals surface area contributed by atoms with Gasteiger partial charge in [0, 0.05) is 33.8 Å². The van der Waals surface area contributed by atoms with Crippen LogP contribution in [0.25, 0.3) is 0 Å². The number of nitro groups is 1. The van der Waals surface area contributed by atoms with Crippen molar-refractivity contribution in [3.63, 3.8) is 0 Å². The zero-order valence-electron chi connectivity index (χ0n) is 18.3. The van der Waals surface area contributed by atoms with Crippen molar-refractivity contribution in [1.29, 1.82) is 0 Å². The van der Waals surface area contributed by atoms with Gasteiger partial charge in [-0.05, 0) is 48.6 Å². The highest BCUT2D eigenvalue weighted by molar-refractivity contribution is 7.99. The number of non-ortho nitro benzene ring substituents is 1. The van der Waals surface area contributed by atoms with E-state index in [-0.39, 0.29) is 11.6 Å². The number of carbonyl (C=O) groups is 1. The largest absolute Gasteiger partial charge is 0.495 e. The van der Waals surface area contributed by atoms with E-state index in [0.717, 1.165) is 10.6 Å². The predicted octanol–water partition coefficient (Wildman–Crippen LogP) is 4.98. The maximum atomic E-state index is 13.4. The van der Waals surface area contributed by atoms with Gasteiger partial charge in [0.15, 0.2) is 0 Å². The molecule has 0 radical (unpaired) electrons. The van der Waals surface area contributed by atoms with Crippen LogP contribution < -0.4 is 20.7 Å². The molecule has 9 heteroatoms. The van der Waals surface area contributed by atoms with E-state index in [1.54, 1.807) is 37.4 Å². The monoisotopic (exact) mass is 474 g/mol. The molecule has 1 aliphatic heterocycles. The van der Waals surface area contributed by atoms with Gasteiger partial charge >= 0.3 is 0 Å². The smallest absolute Gasteiger partial charge is 0.269 e. The molecule has 0 aliphatic carbocycles. The quantitative estimate of drug-likeness (QED) is 0.282. The van der Waals surface area contributed by atoms with Crippen molar-refractivity contribution in [3.05, 3.63) is 107 Å². The second-order valence-electron chi connectivity index (χ2n) is 7.30. The Hall–Kier alpha value is -4.24. The summed E-state index contributed by atoms with van der Waals surface area (Å²) in [6.07, 6.45) is 7.00. The SMILES string of the molecule is COc1ccccc1N1C=CC=CC1NC(=O)c1c(N)cccc1Sc1ccc([N+](=O)[O-])cc1. The molecule has 1 unspecified atom stereocenters. The van der Waals surface area contributed by atoms with Gasteiger partial charge < -0.3 is 20.7 Å². The fourth-order valence-corrected chi connectivity index (χ4v) is 4.52. The third-order valence-corrected chi connectivity index (χ3v) is 6.22. The van der Waals surface area contributed by atoms with Gasteiger partial charge in [-0.25, -0.2) is 0 Å². The molecule has 0 aromatic heterocycles. The minimum absolute atomic E-state index is 0.00321. The Kier molecular flexibility index (Phi) is 6.84. The number of hydrogen-bond donors (Lipinski definition) is 2. The third kappa shape index (κ3) is 4.89. The number of para-hydroxylation sites is 2. The lowest BCUT2D eigenvalue weighted by Gasteiger charge is -2.32. The summed E-state index contributed by atoms with van der Waals surface area (Å²) < 4.78 is 5.49. The molecule has 1 aliphatic rings. The number of anilines is 2. The molecule has 34 heavy (non-hydrogen) atoms. The number of nitro benzene ring substituents is 1. The lowest BCUT2D eigenvalue weighted by molar-refractivity contribution is -0.384. The number of nitrogens with one attached hydrogen (secondary N) is 1. The van der Waals surface area contributed by atoms with Gasteiger partial charge in [-0.3, -0.25) is 14.9 Å². The van der Waals surface area contributed by atoms with Crippen molar-refractivity contribution in [3.8, 4) is 5.75 Å². The van der Waals surface area contributed by atoms with Crippen LogP contribution >= 0.6 is 11.8 Å². The average Bonchev–Trinajstić information content (AvgIpc) is 2.84. The normalized spacial score (nSPS) is 14.6. The Morgan fingerprint density at radius 3 is 2.59 bits per heavy atom. The summed E-state index contributed by atoms with van der Waals surface area (Å²) in [6, 6.07) is 18.9. The van der Waals surface area contributed by atoms with Crippen LogP contribution in [0.2, 0.25) is 0 Å². The molecule has 0 bridgehead atoms. The van der Waals surface area contributed by atoms with E-state index in [1.165, 1.54) is 23.9 Å². The van der Waals surface area contributed by atoms with E-state index in [9.17, 15) is 14.9 Å². The Balaban J connectivity index is 1.60. The molecule has 3 aromatic carbocycles. The maximum Gasteiger partial charge on any atom is 0.269 e. The number of ether oxygens (including phenoxy) is 1. The molecule has 172 valence electrons. The first-order chi connectivity index (χ1) is 16.5. The highest BCUT2D eigenvalue weighted by atomic mass is 32.2. The van der Waals surface area contributed by atoms with Gasteiger partial charge in [0.25, 0.3) is 11.6 Å². The zero-order valence-corrected chi connectivity index (χ0v) is 19.1. The minimum atomic E-state index is -0.467. The van der Waals surface area contributed by atoms with E-state index >= 15 is 0 Å². The van der Waals surface area contributed by atoms with Gasteiger partial charge in [-0.15, -0.1) is 0 Å². The first-order valence-corrected chi connectivity index (χ1v) is 11.2. The van der Waals surface area contributed by atoms with Crippen LogP contribution in [-0.4, -0.2) is 24.1 Å². The number of rotatable bonds is 7. The van der Waals surface area contributed by atoms with Crippen molar-refractivity contribution in [1.82, 2.24) is 5.32 Å². The Morgan fingerprint density at radius 1 is 1.09 bits per heavy atom. The number of hydrogen-bond acceptors (Lipinski definition) is 7. The van der Waals surface area contributed by atoms with E-state index in [2.05, 4.69) is 5.32 Å². The van der Waals surface area contributed by atoms with Crippen LogP contribution in [0.5, 0.6) is 5.75 Å². The van der Waals surface area contributed by atoms with Crippen LogP contribution in [0, 0.1) is 10.1 Å². The van der Waals surface area contributed by atoms with Crippen LogP contribution in [-0.2, 0) is 0 Å². The molecule has 4 rings (SSSR count). The number of methoxy groups -OCH3 is 1. The summed E-state index contributed by atoms with van der Waals surface area (Å²) in [5.74, 6) is 0.336. The van der Waals surface area contributed by atoms with Crippen molar-refractivity contribution in [2.24, 2.45) is 0 Å². The topological polar surface area (TPSA) is 111 Å². The molecular weight excluding hydrogens is 452 g/mol. The molecule has 0 spiro atoms. The standard InChI is InChI=1S/C25H22N4O4S/c1-33-21-9-3-2-8-20(21)28-16-5-4-11-23(28)27-25(30)24-19(26)7-6-10-22(24)34-18-14-12-17(13-15-18)29(31)32/h2-16,23H,26H2,1H3,(H,27,30). The van der Waals surface area contributed by atoms with Gasteiger partial charge in [0.1, 0.15) is 11.9 Å². The average molecular weight is 475 g/mol. The second kappa shape index (κ2) is 10.1. The molecule has 0 saturated carbocycles. The molecule has 3 N–H and O–H groups in total. The number of nitrogens with zero attached hydrogens (tertiary/aromatic N) is 2. The van der Waals surface area contributed by atoms with Crippen LogP contribution in [0.15, 0.2) is 101 Å². The number of nitrogens with two attached hydrogens (primary N) is 1. The lowest BCUT2D eigenvalue weighted by Crippen LogP contribution is -2.46. The molecule has 0 fully saturated rings. The molecular formula is C25H22N4O4S. The van der Waals surface area contributed by atoms with Crippen LogP contribution in [0.4, 0.5) is 17.1 Å². The fraction of sp³-hybridized carbons (Fsp3) is 0.0800. The summed E-state index contributed by atoms with van der Waals surface area (Å²) >= 11 is 1.31. The van der Waals surface area contributed by atoms with Gasteiger partial charge in [0.2, 0.25) is 0 Å². The predicted molar refractivity (Wildman–Crippen MR) is 133 cm³/mol. The summed E-state index contributed by atoms with van der Waals surface area (Å²) in [4.78, 5) is 27.2. The molecule has 3 aromatic rings. The number of benzene rings is 3. The van der Waals surface area contributed by atoms with Gasteiger partial charge in [-0.1, -0.05) is 36.0 Å². The Labute approximate surface area is 200 Å². The Bertz CT molecular complexity index is 1270. The van der Waals surface area contributed by atoms with Crippen LogP contribution in [0.3, 0.4) is 0 Å². The number of amides is 1. The summed E-state index contributed by atoms with van der Waals surface area (Å²) in [6.45, 7) is 0. The van der Waals surface area contributed by atoms with Crippen molar-refractivity contribution in [2.75, 3.05) is 17.7 Å². The van der Waals surface area contributed by atoms with E-state index in [4.69, 9.17) is 10.5 Å². The van der Waals surface area contributed by atoms with E-state index in [0.29, 0.717) is 21.9 Å². The van der Waals surface area contributed by atoms with Crippen molar-refractivity contribution < 1.29 is 14.5 Å². The van der Waals surface area contributed by atoms with Crippen molar-refractivity contribution in [2.45, 2.75) is 16.0 Å². The third-order valence-electron chi connectivity index (χ3n) is 5.15. The number of allylic oxidation sites excluding steroid dienone is 2. The number of nitrogen functional groups attached to an aromatic ring is 1. The summed E-state index contributed by atoms with van der Waals surface area (Å²) in [5.41, 5.74) is 7.69. The van der Waals surface area contributed by atoms with E-state index in [1.807, 2.05) is 53.6 Å². The van der Waals surface area contributed by atoms with Gasteiger partial charge in [-0.2, -0.15) is 0 Å². The molecule has 0 saturated heterocycles. The molecule has 8 nitrogen and oxygen atoms in total. The highest BCUT2D eigenvalue weighted by Gasteiger charge is 2.24. The fourth-order valence-electron chi connectivity index (χ4n) is 3.53. The zero-order chi connectivity index (χ0) is 24.1. The number of carbonyl (C=O) groups excluding carboxylic acids is 1.